The van der Waals surface area contributed by atoms with Gasteiger partial charge in [-0.25, -0.2) is 4.98 Å². The SMILES string of the molecule is Cc1ccc(CNC=O)cc1NC(=O)c1cnc2cc(OCCN3CCN(C)CC3)ccn12. The first kappa shape index (κ1) is 22.8. The molecule has 0 unspecified atom stereocenters. The minimum Gasteiger partial charge on any atom is -0.492 e. The van der Waals surface area contributed by atoms with Gasteiger partial charge in [0.1, 0.15) is 23.7 Å². The van der Waals surface area contributed by atoms with Gasteiger partial charge >= 0.3 is 0 Å². The van der Waals surface area contributed by atoms with Gasteiger partial charge in [0, 0.05) is 57.2 Å². The van der Waals surface area contributed by atoms with Gasteiger partial charge in [0.25, 0.3) is 5.91 Å². The number of likely N-dealkylation sites (N-methyl/N-ethyl adjacent to an activating group) is 1. The quantitative estimate of drug-likeness (QED) is 0.483. The van der Waals surface area contributed by atoms with Gasteiger partial charge in [0.15, 0.2) is 0 Å². The highest BCUT2D eigenvalue weighted by molar-refractivity contribution is 6.04. The number of hydrogen-bond donors (Lipinski definition) is 2. The fourth-order valence-electron chi connectivity index (χ4n) is 3.84. The molecule has 9 heteroatoms. The average molecular weight is 451 g/mol. The predicted octanol–water partition coefficient (Wildman–Crippen LogP) is 1.77. The number of anilines is 1. The molecule has 174 valence electrons. The Balaban J connectivity index is 1.39. The number of nitrogens with zero attached hydrogens (tertiary/aromatic N) is 4. The van der Waals surface area contributed by atoms with Crippen molar-refractivity contribution in [2.75, 3.05) is 51.7 Å². The molecule has 0 atom stereocenters. The first-order chi connectivity index (χ1) is 16.0. The van der Waals surface area contributed by atoms with Gasteiger partial charge in [0.05, 0.1) is 6.20 Å². The lowest BCUT2D eigenvalue weighted by atomic mass is 10.1. The molecule has 0 spiro atoms. The molecule has 2 N–H and O–H groups in total. The zero-order valence-electron chi connectivity index (χ0n) is 19.1. The van der Waals surface area contributed by atoms with Crippen molar-refractivity contribution in [3.8, 4) is 5.75 Å². The van der Waals surface area contributed by atoms with Gasteiger partial charge in [-0.05, 0) is 37.2 Å². The lowest BCUT2D eigenvalue weighted by Gasteiger charge is -2.32. The Hall–Kier alpha value is -3.43. The number of imidazole rings is 1. The number of fused-ring (bicyclic) bond motifs is 1. The van der Waals surface area contributed by atoms with Crippen LogP contribution in [-0.2, 0) is 11.3 Å². The van der Waals surface area contributed by atoms with E-state index in [4.69, 9.17) is 4.74 Å². The Morgan fingerprint density at radius 2 is 2.00 bits per heavy atom. The molecule has 0 bridgehead atoms. The summed E-state index contributed by atoms with van der Waals surface area (Å²) < 4.78 is 7.68. The Morgan fingerprint density at radius 3 is 2.79 bits per heavy atom. The van der Waals surface area contributed by atoms with Crippen LogP contribution in [-0.4, -0.2) is 77.9 Å². The number of benzene rings is 1. The summed E-state index contributed by atoms with van der Waals surface area (Å²) in [5.74, 6) is 0.482. The maximum absolute atomic E-state index is 12.9. The van der Waals surface area contributed by atoms with Crippen LogP contribution in [0.5, 0.6) is 5.75 Å². The number of carbonyl (C=O) groups is 2. The monoisotopic (exact) mass is 450 g/mol. The summed E-state index contributed by atoms with van der Waals surface area (Å²) in [6, 6.07) is 9.39. The van der Waals surface area contributed by atoms with E-state index in [1.807, 2.05) is 37.3 Å². The lowest BCUT2D eigenvalue weighted by molar-refractivity contribution is -0.109. The minimum absolute atomic E-state index is 0.255. The molecule has 0 saturated carbocycles. The van der Waals surface area contributed by atoms with Crippen molar-refractivity contribution in [2.24, 2.45) is 0 Å². The van der Waals surface area contributed by atoms with E-state index in [-0.39, 0.29) is 5.91 Å². The fraction of sp³-hybridized carbons (Fsp3) is 0.375. The molecule has 1 fully saturated rings. The summed E-state index contributed by atoms with van der Waals surface area (Å²) in [7, 11) is 2.15. The number of ether oxygens (including phenoxy) is 1. The number of aryl methyl sites for hydroxylation is 1. The van der Waals surface area contributed by atoms with Crippen molar-refractivity contribution < 1.29 is 14.3 Å². The highest BCUT2D eigenvalue weighted by Gasteiger charge is 2.15. The second-order valence-electron chi connectivity index (χ2n) is 8.33. The van der Waals surface area contributed by atoms with Crippen LogP contribution in [0.4, 0.5) is 5.69 Å². The van der Waals surface area contributed by atoms with E-state index >= 15 is 0 Å². The van der Waals surface area contributed by atoms with Crippen molar-refractivity contribution in [3.05, 3.63) is 59.5 Å². The summed E-state index contributed by atoms with van der Waals surface area (Å²) in [6.45, 7) is 8.13. The Bertz CT molecular complexity index is 1120. The van der Waals surface area contributed by atoms with Gasteiger partial charge in [-0.3, -0.25) is 18.9 Å². The normalized spacial score (nSPS) is 14.8. The molecule has 1 aliphatic rings. The van der Waals surface area contributed by atoms with Gasteiger partial charge in [-0.15, -0.1) is 0 Å². The third kappa shape index (κ3) is 5.68. The molecule has 0 radical (unpaired) electrons. The van der Waals surface area contributed by atoms with Crippen molar-refractivity contribution in [1.29, 1.82) is 0 Å². The molecule has 1 saturated heterocycles. The second-order valence-corrected chi connectivity index (χ2v) is 8.33. The number of rotatable bonds is 9. The highest BCUT2D eigenvalue weighted by atomic mass is 16.5. The number of piperazine rings is 1. The molecule has 1 aromatic carbocycles. The Kier molecular flexibility index (Phi) is 7.21. The molecule has 2 aromatic heterocycles. The second kappa shape index (κ2) is 10.5. The van der Waals surface area contributed by atoms with Crippen molar-refractivity contribution in [3.63, 3.8) is 0 Å². The standard InChI is InChI=1S/C24H30N6O3/c1-18-3-4-19(15-25-17-31)13-21(18)27-24(32)22-16-26-23-14-20(5-6-30(22)23)33-12-11-29-9-7-28(2)8-10-29/h3-6,13-14,16-17H,7-12,15H2,1-2H3,(H,25,31)(H,27,32). The van der Waals surface area contributed by atoms with E-state index in [9.17, 15) is 9.59 Å². The molecule has 4 rings (SSSR count). The first-order valence-electron chi connectivity index (χ1n) is 11.1. The van der Waals surface area contributed by atoms with E-state index in [2.05, 4.69) is 32.5 Å². The van der Waals surface area contributed by atoms with Gasteiger partial charge in [-0.1, -0.05) is 12.1 Å². The summed E-state index contributed by atoms with van der Waals surface area (Å²) in [5.41, 5.74) is 3.62. The molecule has 9 nitrogen and oxygen atoms in total. The number of carbonyl (C=O) groups excluding carboxylic acids is 2. The zero-order valence-corrected chi connectivity index (χ0v) is 19.1. The maximum atomic E-state index is 12.9. The summed E-state index contributed by atoms with van der Waals surface area (Å²) in [4.78, 5) is 32.6. The number of aromatic nitrogens is 2. The molecular formula is C24H30N6O3. The molecule has 3 aromatic rings. The highest BCUT2D eigenvalue weighted by Crippen LogP contribution is 2.20. The van der Waals surface area contributed by atoms with E-state index in [0.29, 0.717) is 36.6 Å². The number of hydrogen-bond acceptors (Lipinski definition) is 6. The van der Waals surface area contributed by atoms with Crippen LogP contribution in [0.3, 0.4) is 0 Å². The summed E-state index contributed by atoms with van der Waals surface area (Å²) in [6.07, 6.45) is 4.02. The molecule has 2 amide bonds. The van der Waals surface area contributed by atoms with Gasteiger partial charge in [0.2, 0.25) is 6.41 Å². The third-order valence-electron chi connectivity index (χ3n) is 5.93. The van der Waals surface area contributed by atoms with Crippen LogP contribution in [0.1, 0.15) is 21.6 Å². The third-order valence-corrected chi connectivity index (χ3v) is 5.93. The average Bonchev–Trinajstić information content (AvgIpc) is 3.24. The maximum Gasteiger partial charge on any atom is 0.274 e. The summed E-state index contributed by atoms with van der Waals surface area (Å²) in [5, 5.41) is 5.59. The van der Waals surface area contributed by atoms with E-state index in [0.717, 1.165) is 49.6 Å². The van der Waals surface area contributed by atoms with Crippen LogP contribution >= 0.6 is 0 Å². The van der Waals surface area contributed by atoms with Crippen LogP contribution in [0.25, 0.3) is 5.65 Å². The molecule has 0 aliphatic carbocycles. The van der Waals surface area contributed by atoms with E-state index < -0.39 is 0 Å². The van der Waals surface area contributed by atoms with Crippen molar-refractivity contribution >= 4 is 23.7 Å². The van der Waals surface area contributed by atoms with E-state index in [1.165, 1.54) is 0 Å². The minimum atomic E-state index is -0.255. The van der Waals surface area contributed by atoms with Crippen LogP contribution < -0.4 is 15.4 Å². The molecule has 3 heterocycles. The Morgan fingerprint density at radius 1 is 1.18 bits per heavy atom. The number of amides is 2. The van der Waals surface area contributed by atoms with Crippen LogP contribution in [0.2, 0.25) is 0 Å². The Labute approximate surface area is 193 Å². The van der Waals surface area contributed by atoms with Gasteiger partial charge in [-0.2, -0.15) is 0 Å². The van der Waals surface area contributed by atoms with Crippen LogP contribution in [0, 0.1) is 6.92 Å². The zero-order chi connectivity index (χ0) is 23.2. The predicted molar refractivity (Wildman–Crippen MR) is 127 cm³/mol. The van der Waals surface area contributed by atoms with Gasteiger partial charge < -0.3 is 20.3 Å². The van der Waals surface area contributed by atoms with Crippen molar-refractivity contribution in [2.45, 2.75) is 13.5 Å². The number of pyridine rings is 1. The summed E-state index contributed by atoms with van der Waals surface area (Å²) >= 11 is 0. The van der Waals surface area contributed by atoms with Crippen LogP contribution in [0.15, 0.2) is 42.7 Å². The molecule has 33 heavy (non-hydrogen) atoms. The van der Waals surface area contributed by atoms with E-state index in [1.54, 1.807) is 16.8 Å². The first-order valence-corrected chi connectivity index (χ1v) is 11.1. The molecule has 1 aliphatic heterocycles. The topological polar surface area (TPSA) is 91.2 Å². The largest absolute Gasteiger partial charge is 0.492 e. The smallest absolute Gasteiger partial charge is 0.274 e. The lowest BCUT2D eigenvalue weighted by Crippen LogP contribution is -2.45. The molecular weight excluding hydrogens is 420 g/mol. The number of nitrogens with one attached hydrogen (secondary N) is 2. The fourth-order valence-corrected chi connectivity index (χ4v) is 3.84. The van der Waals surface area contributed by atoms with Crippen molar-refractivity contribution in [1.82, 2.24) is 24.5 Å².